The molecule has 0 atom stereocenters. The van der Waals surface area contributed by atoms with Crippen molar-refractivity contribution in [1.29, 1.82) is 0 Å². The lowest BCUT2D eigenvalue weighted by Gasteiger charge is -2.13. The first-order chi connectivity index (χ1) is 27.4. The van der Waals surface area contributed by atoms with Crippen molar-refractivity contribution in [2.45, 2.75) is 13.8 Å². The molecular weight excluding hydrogens is 727 g/mol. The largest absolute Gasteiger partial charge is 0.478 e. The third kappa shape index (κ3) is 7.87. The van der Waals surface area contributed by atoms with Crippen LogP contribution in [-0.4, -0.2) is 47.8 Å². The molecule has 282 valence electrons. The molecule has 0 saturated carbocycles. The number of nitrogens with one attached hydrogen (secondary N) is 3. The Morgan fingerprint density at radius 3 is 1.47 bits per heavy atom. The van der Waals surface area contributed by atoms with E-state index in [1.807, 2.05) is 19.9 Å². The smallest absolute Gasteiger partial charge is 0.346 e. The Balaban J connectivity index is 0.999. The second-order valence-electron chi connectivity index (χ2n) is 13.2. The molecule has 1 aliphatic heterocycles. The van der Waals surface area contributed by atoms with Gasteiger partial charge in [0.15, 0.2) is 0 Å². The molecule has 0 unspecified atom stereocenters. The Kier molecular flexibility index (Phi) is 10.2. The number of rotatable bonds is 10. The van der Waals surface area contributed by atoms with E-state index in [0.29, 0.717) is 56.3 Å². The number of anilines is 2. The van der Waals surface area contributed by atoms with Gasteiger partial charge >= 0.3 is 17.9 Å². The van der Waals surface area contributed by atoms with E-state index in [1.165, 1.54) is 25.2 Å². The number of carbonyl (C=O) groups excluding carboxylic acids is 5. The van der Waals surface area contributed by atoms with Crippen LogP contribution in [-0.2, 0) is 4.74 Å². The van der Waals surface area contributed by atoms with Gasteiger partial charge in [-0.1, -0.05) is 36.4 Å². The molecule has 6 aromatic rings. The molecule has 0 aliphatic carbocycles. The van der Waals surface area contributed by atoms with Crippen LogP contribution in [0.4, 0.5) is 11.4 Å². The van der Waals surface area contributed by atoms with Crippen LogP contribution >= 0.6 is 0 Å². The molecule has 0 radical (unpaired) electrons. The fourth-order valence-electron chi connectivity index (χ4n) is 6.34. The predicted molar refractivity (Wildman–Crippen MR) is 212 cm³/mol. The Labute approximate surface area is 326 Å². The monoisotopic (exact) mass is 759 g/mol. The topological polar surface area (TPSA) is 177 Å². The first kappa shape index (κ1) is 37.5. The third-order valence-corrected chi connectivity index (χ3v) is 9.46. The van der Waals surface area contributed by atoms with E-state index in [9.17, 15) is 33.9 Å². The molecule has 3 amide bonds. The van der Waals surface area contributed by atoms with Crippen molar-refractivity contribution in [3.63, 3.8) is 0 Å². The number of amides is 3. The van der Waals surface area contributed by atoms with Crippen molar-refractivity contribution >= 4 is 47.0 Å². The number of carboxylic acids is 1. The number of aryl methyl sites for hydroxylation is 2. The summed E-state index contributed by atoms with van der Waals surface area (Å²) >= 11 is 0. The summed E-state index contributed by atoms with van der Waals surface area (Å²) in [6.07, 6.45) is 0. The van der Waals surface area contributed by atoms with E-state index in [-0.39, 0.29) is 34.1 Å². The number of benzene rings is 6. The molecule has 0 bridgehead atoms. The highest BCUT2D eigenvalue weighted by Crippen LogP contribution is 2.31. The number of fused-ring (bicyclic) bond motifs is 1. The summed E-state index contributed by atoms with van der Waals surface area (Å²) in [5.41, 5.74) is 6.03. The summed E-state index contributed by atoms with van der Waals surface area (Å²) in [5.74, 6) is -2.94. The number of ether oxygens (including phenoxy) is 2. The van der Waals surface area contributed by atoms with Crippen molar-refractivity contribution in [2.75, 3.05) is 17.7 Å². The minimum atomic E-state index is -1.26. The summed E-state index contributed by atoms with van der Waals surface area (Å²) in [6.45, 7) is 3.62. The maximum atomic E-state index is 13.4. The maximum Gasteiger partial charge on any atom is 0.346 e. The molecule has 4 N–H and O–H groups in total. The van der Waals surface area contributed by atoms with Crippen LogP contribution in [0.25, 0.3) is 22.3 Å². The average molecular weight is 760 g/mol. The molecule has 1 heterocycles. The van der Waals surface area contributed by atoms with E-state index in [1.54, 1.807) is 97.1 Å². The molecule has 0 aromatic heterocycles. The van der Waals surface area contributed by atoms with Crippen LogP contribution in [0.2, 0.25) is 0 Å². The maximum absolute atomic E-state index is 13.4. The quantitative estimate of drug-likeness (QED) is 0.0790. The number of aromatic carboxylic acids is 1. The Morgan fingerprint density at radius 1 is 0.509 bits per heavy atom. The SMILES string of the molecule is CNC(=O)c1cc(-c2ccc(C(=O)O)c(C(=O)Nc3ccc(Oc4ccc(NC(=O)c5cc(-c6ccc7c(c6)C(=O)OC7=O)ccc5C)cc4)cc3)c2)ccc1C. The van der Waals surface area contributed by atoms with Crippen LogP contribution in [0, 0.1) is 13.8 Å². The second-order valence-corrected chi connectivity index (χ2v) is 13.2. The molecule has 6 aromatic carbocycles. The van der Waals surface area contributed by atoms with E-state index >= 15 is 0 Å². The van der Waals surface area contributed by atoms with Gasteiger partial charge in [-0.25, -0.2) is 14.4 Å². The van der Waals surface area contributed by atoms with E-state index in [0.717, 1.165) is 11.1 Å². The van der Waals surface area contributed by atoms with Crippen LogP contribution in [0.5, 0.6) is 11.5 Å². The fraction of sp³-hybridized carbons (Fsp3) is 0.0667. The Bertz CT molecular complexity index is 2650. The van der Waals surface area contributed by atoms with Crippen LogP contribution < -0.4 is 20.7 Å². The van der Waals surface area contributed by atoms with Gasteiger partial charge in [0, 0.05) is 29.5 Å². The number of carboxylic acid groups (broad SMARTS) is 1. The minimum Gasteiger partial charge on any atom is -0.478 e. The van der Waals surface area contributed by atoms with Crippen molar-refractivity contribution in [1.82, 2.24) is 5.32 Å². The lowest BCUT2D eigenvalue weighted by atomic mass is 9.95. The lowest BCUT2D eigenvalue weighted by Crippen LogP contribution is -2.19. The number of hydrogen-bond donors (Lipinski definition) is 4. The first-order valence-corrected chi connectivity index (χ1v) is 17.6. The van der Waals surface area contributed by atoms with Crippen LogP contribution in [0.1, 0.15) is 73.3 Å². The van der Waals surface area contributed by atoms with Gasteiger partial charge < -0.3 is 30.5 Å². The predicted octanol–water partition coefficient (Wildman–Crippen LogP) is 8.30. The Morgan fingerprint density at radius 2 is 0.947 bits per heavy atom. The van der Waals surface area contributed by atoms with Gasteiger partial charge in [-0.2, -0.15) is 0 Å². The van der Waals surface area contributed by atoms with Gasteiger partial charge in [-0.15, -0.1) is 0 Å². The van der Waals surface area contributed by atoms with Crippen molar-refractivity contribution in [2.24, 2.45) is 0 Å². The molecule has 0 saturated heterocycles. The van der Waals surface area contributed by atoms with Crippen LogP contribution in [0.15, 0.2) is 121 Å². The number of carbonyl (C=O) groups is 6. The lowest BCUT2D eigenvalue weighted by molar-refractivity contribution is 0.0442. The number of esters is 2. The van der Waals surface area contributed by atoms with Crippen LogP contribution in [0.3, 0.4) is 0 Å². The number of cyclic esters (lactones) is 2. The van der Waals surface area contributed by atoms with Gasteiger partial charge in [0.2, 0.25) is 0 Å². The zero-order valence-electron chi connectivity index (χ0n) is 30.8. The third-order valence-electron chi connectivity index (χ3n) is 9.46. The zero-order chi connectivity index (χ0) is 40.4. The van der Waals surface area contributed by atoms with Crippen molar-refractivity contribution in [3.05, 3.63) is 166 Å². The second kappa shape index (κ2) is 15.5. The highest BCUT2D eigenvalue weighted by atomic mass is 16.6. The molecule has 0 fully saturated rings. The molecule has 12 nitrogen and oxygen atoms in total. The van der Waals surface area contributed by atoms with Gasteiger partial charge in [-0.05, 0) is 132 Å². The van der Waals surface area contributed by atoms with E-state index < -0.39 is 23.8 Å². The van der Waals surface area contributed by atoms with Crippen molar-refractivity contribution in [3.8, 4) is 33.8 Å². The fourth-order valence-corrected chi connectivity index (χ4v) is 6.34. The van der Waals surface area contributed by atoms with Gasteiger partial charge in [0.05, 0.1) is 22.3 Å². The van der Waals surface area contributed by atoms with E-state index in [2.05, 4.69) is 20.7 Å². The van der Waals surface area contributed by atoms with Crippen molar-refractivity contribution < 1.29 is 43.3 Å². The Hall–Kier alpha value is -7.86. The molecule has 7 rings (SSSR count). The van der Waals surface area contributed by atoms with Gasteiger partial charge in [-0.3, -0.25) is 14.4 Å². The average Bonchev–Trinajstić information content (AvgIpc) is 3.50. The summed E-state index contributed by atoms with van der Waals surface area (Å²) in [7, 11) is 1.54. The standard InChI is InChI=1S/C45H33N3O9/c1-24-4-6-26(20-36(24)40(49)46-3)28-8-18-34(43(52)53)38(22-28)42(51)48-31-12-16-33(17-13-31)56-32-14-10-30(11-15-32)47-41(50)37-21-27(7-5-25(37)2)29-9-19-35-39(23-29)45(55)57-44(35)54/h4-23H,1-3H3,(H,46,49)(H,47,50)(H,48,51)(H,52,53). The first-order valence-electron chi connectivity index (χ1n) is 17.6. The number of hydrogen-bond acceptors (Lipinski definition) is 8. The minimum absolute atomic E-state index is 0.0523. The zero-order valence-corrected chi connectivity index (χ0v) is 30.8. The molecule has 1 aliphatic rings. The molecule has 12 heteroatoms. The molecule has 57 heavy (non-hydrogen) atoms. The summed E-state index contributed by atoms with van der Waals surface area (Å²) in [5, 5.41) is 18.1. The van der Waals surface area contributed by atoms with Gasteiger partial charge in [0.1, 0.15) is 11.5 Å². The van der Waals surface area contributed by atoms with E-state index in [4.69, 9.17) is 4.74 Å². The summed E-state index contributed by atoms with van der Waals surface area (Å²) < 4.78 is 10.7. The van der Waals surface area contributed by atoms with Gasteiger partial charge in [0.25, 0.3) is 17.7 Å². The normalized spacial score (nSPS) is 11.6. The highest BCUT2D eigenvalue weighted by Gasteiger charge is 2.30. The summed E-state index contributed by atoms with van der Waals surface area (Å²) in [4.78, 5) is 75.0. The highest BCUT2D eigenvalue weighted by molar-refractivity contribution is 6.15. The summed E-state index contributed by atoms with van der Waals surface area (Å²) in [6, 6.07) is 33.2. The molecule has 0 spiro atoms. The molecular formula is C45H33N3O9.